The minimum atomic E-state index is -1.07. The molecule has 13 heavy (non-hydrogen) atoms. The zero-order valence-electron chi connectivity index (χ0n) is 6.70. The molecule has 0 saturated heterocycles. The molecule has 1 aromatic rings. The van der Waals surface area contributed by atoms with Gasteiger partial charge < -0.3 is 10.5 Å². The van der Waals surface area contributed by atoms with Crippen LogP contribution in [0.15, 0.2) is 24.3 Å². The van der Waals surface area contributed by atoms with Gasteiger partial charge in [-0.15, -0.1) is 0 Å². The quantitative estimate of drug-likeness (QED) is 0.715. The van der Waals surface area contributed by atoms with E-state index in [1.807, 2.05) is 0 Å². The summed E-state index contributed by atoms with van der Waals surface area (Å²) < 4.78 is 16.0. The van der Waals surface area contributed by atoms with E-state index in [9.17, 15) is 9.32 Å². The van der Waals surface area contributed by atoms with Crippen molar-refractivity contribution in [2.75, 3.05) is 12.3 Å². The Hall–Kier alpha value is -1.78. The number of halogens is 1. The van der Waals surface area contributed by atoms with Crippen LogP contribution in [0.5, 0.6) is 5.75 Å². The molecule has 0 aliphatic rings. The highest BCUT2D eigenvalue weighted by Gasteiger charge is 2.03. The van der Waals surface area contributed by atoms with E-state index in [0.29, 0.717) is 11.4 Å². The molecule has 0 atom stereocenters. The molecule has 0 amide bonds. The monoisotopic (exact) mass is 185 g/mol. The zero-order valence-corrected chi connectivity index (χ0v) is 6.70. The number of carbonyl (C=O) groups is 1. The Labute approximate surface area is 74.0 Å². The van der Waals surface area contributed by atoms with Crippen LogP contribution in [-0.4, -0.2) is 12.6 Å². The molecule has 5 heteroatoms. The predicted octanol–water partition coefficient (Wildman–Crippen LogP) is 1.08. The summed E-state index contributed by atoms with van der Waals surface area (Å²) in [7, 11) is 0. The van der Waals surface area contributed by atoms with Crippen molar-refractivity contribution in [2.45, 2.75) is 0 Å². The third kappa shape index (κ3) is 2.98. The average Bonchev–Trinajstić information content (AvgIpc) is 2.16. The minimum Gasteiger partial charge on any atom is -0.482 e. The highest BCUT2D eigenvalue weighted by Crippen LogP contribution is 2.12. The molecule has 0 heterocycles. The van der Waals surface area contributed by atoms with Gasteiger partial charge in [-0.1, -0.05) is 0 Å². The second-order valence-electron chi connectivity index (χ2n) is 2.31. The van der Waals surface area contributed by atoms with Crippen LogP contribution >= 0.6 is 0 Å². The van der Waals surface area contributed by atoms with Crippen LogP contribution < -0.4 is 10.5 Å². The van der Waals surface area contributed by atoms with Gasteiger partial charge in [0.05, 0.1) is 0 Å². The Bertz CT molecular complexity index is 286. The summed E-state index contributed by atoms with van der Waals surface area (Å²) in [6.07, 6.45) is 0. The number of benzene rings is 1. The number of hydrogen-bond acceptors (Lipinski definition) is 4. The summed E-state index contributed by atoms with van der Waals surface area (Å²) in [6, 6.07) is 6.36. The SMILES string of the molecule is Nc1ccc(OCC(=O)OF)cc1. The van der Waals surface area contributed by atoms with E-state index in [1.54, 1.807) is 24.3 Å². The molecule has 0 aliphatic heterocycles. The Kier molecular flexibility index (Phi) is 3.08. The van der Waals surface area contributed by atoms with Crippen molar-refractivity contribution < 1.29 is 19.0 Å². The zero-order chi connectivity index (χ0) is 9.68. The summed E-state index contributed by atoms with van der Waals surface area (Å²) in [6.45, 7) is -0.458. The van der Waals surface area contributed by atoms with E-state index >= 15 is 0 Å². The number of nitrogen functional groups attached to an aromatic ring is 1. The van der Waals surface area contributed by atoms with Crippen molar-refractivity contribution in [3.05, 3.63) is 24.3 Å². The molecule has 0 unspecified atom stereocenters. The normalized spacial score (nSPS) is 9.31. The van der Waals surface area contributed by atoms with Crippen LogP contribution in [-0.2, 0) is 9.74 Å². The molecule has 0 spiro atoms. The largest absolute Gasteiger partial charge is 0.482 e. The summed E-state index contributed by atoms with van der Waals surface area (Å²) in [5.74, 6) is -0.642. The van der Waals surface area contributed by atoms with Gasteiger partial charge in [-0.25, -0.2) is 4.79 Å². The van der Waals surface area contributed by atoms with E-state index in [1.165, 1.54) is 0 Å². The van der Waals surface area contributed by atoms with E-state index < -0.39 is 12.6 Å². The molecule has 0 fully saturated rings. The highest BCUT2D eigenvalue weighted by atomic mass is 19.3. The van der Waals surface area contributed by atoms with Crippen LogP contribution in [0, 0.1) is 0 Å². The number of ether oxygens (including phenoxy) is 1. The lowest BCUT2D eigenvalue weighted by Crippen LogP contribution is -2.10. The van der Waals surface area contributed by atoms with Crippen LogP contribution in [0.25, 0.3) is 0 Å². The van der Waals surface area contributed by atoms with Gasteiger partial charge in [0, 0.05) is 10.2 Å². The summed E-state index contributed by atoms with van der Waals surface area (Å²) in [5.41, 5.74) is 5.99. The first-order valence-corrected chi connectivity index (χ1v) is 3.52. The summed E-state index contributed by atoms with van der Waals surface area (Å²) in [4.78, 5) is 13.2. The van der Waals surface area contributed by atoms with Crippen molar-refractivity contribution in [3.63, 3.8) is 0 Å². The molecule has 0 aliphatic carbocycles. The average molecular weight is 185 g/mol. The molecule has 0 radical (unpaired) electrons. The fraction of sp³-hybridized carbons (Fsp3) is 0.125. The summed E-state index contributed by atoms with van der Waals surface area (Å²) in [5, 5.41) is 0. The molecular formula is C8H8FNO3. The second-order valence-corrected chi connectivity index (χ2v) is 2.31. The third-order valence-corrected chi connectivity index (χ3v) is 1.32. The lowest BCUT2D eigenvalue weighted by atomic mass is 10.3. The van der Waals surface area contributed by atoms with Gasteiger partial charge in [-0.3, -0.25) is 4.94 Å². The van der Waals surface area contributed by atoms with E-state index in [0.717, 1.165) is 0 Å². The van der Waals surface area contributed by atoms with Gasteiger partial charge in [0.1, 0.15) is 5.75 Å². The van der Waals surface area contributed by atoms with Crippen molar-refractivity contribution >= 4 is 11.7 Å². The number of hydrogen-bond donors (Lipinski definition) is 1. The number of carbonyl (C=O) groups excluding carboxylic acids is 1. The molecule has 0 bridgehead atoms. The van der Waals surface area contributed by atoms with Gasteiger partial charge in [0.25, 0.3) is 0 Å². The first-order chi connectivity index (χ1) is 6.22. The van der Waals surface area contributed by atoms with Gasteiger partial charge in [0.15, 0.2) is 6.61 Å². The Morgan fingerprint density at radius 3 is 2.54 bits per heavy atom. The Morgan fingerprint density at radius 1 is 1.38 bits per heavy atom. The number of anilines is 1. The fourth-order valence-electron chi connectivity index (χ4n) is 0.729. The third-order valence-electron chi connectivity index (χ3n) is 1.32. The number of rotatable bonds is 3. The lowest BCUT2D eigenvalue weighted by molar-refractivity contribution is -0.185. The van der Waals surface area contributed by atoms with Gasteiger partial charge >= 0.3 is 5.97 Å². The Morgan fingerprint density at radius 2 is 2.00 bits per heavy atom. The lowest BCUT2D eigenvalue weighted by Gasteiger charge is -2.02. The Balaban J connectivity index is 2.46. The molecule has 0 aromatic heterocycles. The molecule has 1 aromatic carbocycles. The predicted molar refractivity (Wildman–Crippen MR) is 43.5 cm³/mol. The van der Waals surface area contributed by atoms with Crippen LogP contribution in [0.1, 0.15) is 0 Å². The molecule has 0 saturated carbocycles. The maximum absolute atomic E-state index is 11.2. The fourth-order valence-corrected chi connectivity index (χ4v) is 0.729. The first-order valence-electron chi connectivity index (χ1n) is 3.52. The standard InChI is InChI=1S/C8H8FNO3/c9-13-8(11)5-12-7-3-1-6(10)2-4-7/h1-4H,5,10H2. The van der Waals surface area contributed by atoms with Gasteiger partial charge in [-0.2, -0.15) is 0 Å². The van der Waals surface area contributed by atoms with E-state index in [-0.39, 0.29) is 0 Å². The van der Waals surface area contributed by atoms with E-state index in [4.69, 9.17) is 10.5 Å². The number of nitrogens with two attached hydrogens (primary N) is 1. The first kappa shape index (κ1) is 9.31. The second kappa shape index (κ2) is 4.30. The molecule has 4 nitrogen and oxygen atoms in total. The van der Waals surface area contributed by atoms with Crippen molar-refractivity contribution in [3.8, 4) is 5.75 Å². The molecule has 2 N–H and O–H groups in total. The molecular weight excluding hydrogens is 177 g/mol. The van der Waals surface area contributed by atoms with Crippen LogP contribution in [0.3, 0.4) is 0 Å². The topological polar surface area (TPSA) is 61.5 Å². The molecule has 70 valence electrons. The minimum absolute atomic E-state index is 0.430. The molecule has 1 rings (SSSR count). The van der Waals surface area contributed by atoms with Crippen molar-refractivity contribution in [1.29, 1.82) is 0 Å². The van der Waals surface area contributed by atoms with Crippen LogP contribution in [0.4, 0.5) is 10.2 Å². The van der Waals surface area contributed by atoms with E-state index in [2.05, 4.69) is 4.94 Å². The van der Waals surface area contributed by atoms with Gasteiger partial charge in [-0.05, 0) is 24.3 Å². The van der Waals surface area contributed by atoms with Crippen LogP contribution in [0.2, 0.25) is 0 Å². The van der Waals surface area contributed by atoms with Crippen molar-refractivity contribution in [1.82, 2.24) is 0 Å². The maximum atomic E-state index is 11.2. The smallest absolute Gasteiger partial charge is 0.385 e. The van der Waals surface area contributed by atoms with Gasteiger partial charge in [0.2, 0.25) is 0 Å². The van der Waals surface area contributed by atoms with Crippen molar-refractivity contribution in [2.24, 2.45) is 0 Å². The maximum Gasteiger partial charge on any atom is 0.385 e. The summed E-state index contributed by atoms with van der Waals surface area (Å²) >= 11 is 0. The highest BCUT2D eigenvalue weighted by molar-refractivity contribution is 5.70.